The zero-order chi connectivity index (χ0) is 12.3. The van der Waals surface area contributed by atoms with Crippen LogP contribution in [0.3, 0.4) is 0 Å². The summed E-state index contributed by atoms with van der Waals surface area (Å²) >= 11 is 5.85. The van der Waals surface area contributed by atoms with Crippen LogP contribution < -0.4 is 10.1 Å². The van der Waals surface area contributed by atoms with Crippen LogP contribution in [-0.2, 0) is 4.74 Å². The molecule has 0 saturated carbocycles. The van der Waals surface area contributed by atoms with E-state index >= 15 is 0 Å². The lowest BCUT2D eigenvalue weighted by Gasteiger charge is -2.07. The van der Waals surface area contributed by atoms with Crippen molar-refractivity contribution in [1.82, 2.24) is 5.32 Å². The smallest absolute Gasteiger partial charge is 0.120 e. The number of hydrogen-bond donors (Lipinski definition) is 1. The summed E-state index contributed by atoms with van der Waals surface area (Å²) < 4.78 is 10.5. The average Bonchev–Trinajstić information content (AvgIpc) is 2.33. The minimum atomic E-state index is 0.712. The van der Waals surface area contributed by atoms with E-state index in [9.17, 15) is 0 Å². The van der Waals surface area contributed by atoms with Gasteiger partial charge in [0.25, 0.3) is 0 Å². The van der Waals surface area contributed by atoms with Gasteiger partial charge in [-0.05, 0) is 37.6 Å². The summed E-state index contributed by atoms with van der Waals surface area (Å²) in [6.45, 7) is 3.40. The highest BCUT2D eigenvalue weighted by Gasteiger charge is 1.95. The largest absolute Gasteiger partial charge is 0.494 e. The molecule has 0 spiro atoms. The van der Waals surface area contributed by atoms with Gasteiger partial charge in [0, 0.05) is 18.7 Å². The molecule has 0 atom stereocenters. The van der Waals surface area contributed by atoms with Gasteiger partial charge < -0.3 is 14.8 Å². The van der Waals surface area contributed by atoms with E-state index in [2.05, 4.69) is 5.32 Å². The van der Waals surface area contributed by atoms with E-state index in [0.29, 0.717) is 5.02 Å². The van der Waals surface area contributed by atoms with Crippen molar-refractivity contribution in [3.05, 3.63) is 29.3 Å². The van der Waals surface area contributed by atoms with Crippen LogP contribution in [0.2, 0.25) is 5.02 Å². The molecule has 96 valence electrons. The van der Waals surface area contributed by atoms with Gasteiger partial charge in [0.15, 0.2) is 0 Å². The lowest BCUT2D eigenvalue weighted by atomic mass is 10.3. The summed E-state index contributed by atoms with van der Waals surface area (Å²) in [5, 5.41) is 4.00. The summed E-state index contributed by atoms with van der Waals surface area (Å²) in [6.07, 6.45) is 2.14. The Hall–Kier alpha value is -0.770. The van der Waals surface area contributed by atoms with Crippen molar-refractivity contribution in [3.63, 3.8) is 0 Å². The van der Waals surface area contributed by atoms with Crippen LogP contribution in [-0.4, -0.2) is 33.4 Å². The van der Waals surface area contributed by atoms with Gasteiger partial charge in [0.2, 0.25) is 0 Å². The van der Waals surface area contributed by atoms with Gasteiger partial charge in [0.05, 0.1) is 13.2 Å². The van der Waals surface area contributed by atoms with E-state index in [0.717, 1.165) is 44.9 Å². The molecule has 0 radical (unpaired) electrons. The lowest BCUT2D eigenvalue weighted by molar-refractivity contribution is 0.199. The molecule has 1 N–H and O–H groups in total. The molecular formula is C13H20ClNO2. The highest BCUT2D eigenvalue weighted by molar-refractivity contribution is 6.30. The van der Waals surface area contributed by atoms with Gasteiger partial charge in [-0.1, -0.05) is 17.7 Å². The summed E-state index contributed by atoms with van der Waals surface area (Å²) in [6, 6.07) is 7.49. The van der Waals surface area contributed by atoms with Crippen LogP contribution >= 0.6 is 11.6 Å². The second kappa shape index (κ2) is 9.28. The van der Waals surface area contributed by atoms with Crippen LogP contribution in [0.25, 0.3) is 0 Å². The molecule has 0 aliphatic rings. The van der Waals surface area contributed by atoms with Crippen LogP contribution in [0.1, 0.15) is 12.8 Å². The molecule has 0 bridgehead atoms. The normalized spacial score (nSPS) is 10.5. The number of ether oxygens (including phenoxy) is 2. The van der Waals surface area contributed by atoms with Crippen molar-refractivity contribution in [3.8, 4) is 5.75 Å². The van der Waals surface area contributed by atoms with Gasteiger partial charge in [-0.3, -0.25) is 0 Å². The van der Waals surface area contributed by atoms with E-state index in [1.54, 1.807) is 7.11 Å². The van der Waals surface area contributed by atoms with E-state index in [4.69, 9.17) is 21.1 Å². The molecule has 1 rings (SSSR count). The van der Waals surface area contributed by atoms with Crippen molar-refractivity contribution in [2.24, 2.45) is 0 Å². The molecule has 4 heteroatoms. The monoisotopic (exact) mass is 257 g/mol. The Bertz CT molecular complexity index is 307. The zero-order valence-corrected chi connectivity index (χ0v) is 11.0. The Balaban J connectivity index is 1.97. The Labute approximate surface area is 108 Å². The Kier molecular flexibility index (Phi) is 7.80. The number of hydrogen-bond acceptors (Lipinski definition) is 3. The van der Waals surface area contributed by atoms with E-state index in [1.807, 2.05) is 24.3 Å². The topological polar surface area (TPSA) is 30.5 Å². The fourth-order valence-corrected chi connectivity index (χ4v) is 1.58. The number of benzene rings is 1. The molecule has 0 amide bonds. The first-order valence-electron chi connectivity index (χ1n) is 5.91. The SMILES string of the molecule is COCCNCCCCOc1cccc(Cl)c1. The molecule has 0 saturated heterocycles. The first-order chi connectivity index (χ1) is 8.33. The van der Waals surface area contributed by atoms with Gasteiger partial charge in [-0.2, -0.15) is 0 Å². The van der Waals surface area contributed by atoms with E-state index in [-0.39, 0.29) is 0 Å². The standard InChI is InChI=1S/C13H20ClNO2/c1-16-10-8-15-7-2-3-9-17-13-6-4-5-12(14)11-13/h4-6,11,15H,2-3,7-10H2,1H3. The molecular weight excluding hydrogens is 238 g/mol. The van der Waals surface area contributed by atoms with Gasteiger partial charge >= 0.3 is 0 Å². The molecule has 0 aliphatic heterocycles. The number of unbranched alkanes of at least 4 members (excludes halogenated alkanes) is 1. The number of rotatable bonds is 9. The maximum absolute atomic E-state index is 5.85. The first-order valence-corrected chi connectivity index (χ1v) is 6.29. The highest BCUT2D eigenvalue weighted by atomic mass is 35.5. The summed E-state index contributed by atoms with van der Waals surface area (Å²) in [5.74, 6) is 0.838. The minimum absolute atomic E-state index is 0.712. The maximum atomic E-state index is 5.85. The number of halogens is 1. The third kappa shape index (κ3) is 7.21. The fraction of sp³-hybridized carbons (Fsp3) is 0.538. The van der Waals surface area contributed by atoms with Crippen molar-refractivity contribution in [2.45, 2.75) is 12.8 Å². The van der Waals surface area contributed by atoms with E-state index < -0.39 is 0 Å². The molecule has 1 aromatic carbocycles. The van der Waals surface area contributed by atoms with Gasteiger partial charge in [-0.25, -0.2) is 0 Å². The van der Waals surface area contributed by atoms with Crippen molar-refractivity contribution in [2.75, 3.05) is 33.4 Å². The van der Waals surface area contributed by atoms with Crippen molar-refractivity contribution >= 4 is 11.6 Å². The van der Waals surface area contributed by atoms with Crippen LogP contribution in [0, 0.1) is 0 Å². The van der Waals surface area contributed by atoms with Gasteiger partial charge in [0.1, 0.15) is 5.75 Å². The predicted molar refractivity (Wildman–Crippen MR) is 70.9 cm³/mol. The summed E-state index contributed by atoms with van der Waals surface area (Å²) in [5.41, 5.74) is 0. The van der Waals surface area contributed by atoms with Crippen LogP contribution in [0.5, 0.6) is 5.75 Å². The lowest BCUT2D eigenvalue weighted by Crippen LogP contribution is -2.20. The second-order valence-electron chi connectivity index (χ2n) is 3.76. The molecule has 0 fully saturated rings. The first kappa shape index (κ1) is 14.3. The quantitative estimate of drug-likeness (QED) is 0.690. The van der Waals surface area contributed by atoms with Gasteiger partial charge in [-0.15, -0.1) is 0 Å². The molecule has 0 heterocycles. The number of nitrogens with one attached hydrogen (secondary N) is 1. The van der Waals surface area contributed by atoms with E-state index in [1.165, 1.54) is 0 Å². The maximum Gasteiger partial charge on any atom is 0.120 e. The third-order valence-electron chi connectivity index (χ3n) is 2.30. The minimum Gasteiger partial charge on any atom is -0.494 e. The van der Waals surface area contributed by atoms with Crippen LogP contribution in [0.15, 0.2) is 24.3 Å². The number of methoxy groups -OCH3 is 1. The third-order valence-corrected chi connectivity index (χ3v) is 2.53. The predicted octanol–water partition coefficient (Wildman–Crippen LogP) is 2.74. The molecule has 1 aromatic rings. The molecule has 3 nitrogen and oxygen atoms in total. The van der Waals surface area contributed by atoms with Crippen molar-refractivity contribution < 1.29 is 9.47 Å². The summed E-state index contributed by atoms with van der Waals surface area (Å²) in [4.78, 5) is 0. The molecule has 0 unspecified atom stereocenters. The molecule has 0 aromatic heterocycles. The molecule has 17 heavy (non-hydrogen) atoms. The Morgan fingerprint density at radius 2 is 2.06 bits per heavy atom. The zero-order valence-electron chi connectivity index (χ0n) is 10.2. The average molecular weight is 258 g/mol. The van der Waals surface area contributed by atoms with Crippen molar-refractivity contribution in [1.29, 1.82) is 0 Å². The highest BCUT2D eigenvalue weighted by Crippen LogP contribution is 2.17. The van der Waals surface area contributed by atoms with Crippen LogP contribution in [0.4, 0.5) is 0 Å². The molecule has 0 aliphatic carbocycles. The fourth-order valence-electron chi connectivity index (χ4n) is 1.40. The second-order valence-corrected chi connectivity index (χ2v) is 4.19. The summed E-state index contributed by atoms with van der Waals surface area (Å²) in [7, 11) is 1.71. The Morgan fingerprint density at radius 3 is 2.82 bits per heavy atom. The Morgan fingerprint density at radius 1 is 1.18 bits per heavy atom.